The van der Waals surface area contributed by atoms with Crippen LogP contribution in [0.2, 0.25) is 5.02 Å². The number of carbonyl (C=O) groups is 1. The monoisotopic (exact) mass is 274 g/mol. The van der Waals surface area contributed by atoms with E-state index >= 15 is 0 Å². The van der Waals surface area contributed by atoms with Gasteiger partial charge >= 0.3 is 0 Å². The number of amides is 1. The highest BCUT2D eigenvalue weighted by Crippen LogP contribution is 2.19. The topological polar surface area (TPSA) is 41.1 Å². The minimum Gasteiger partial charge on any atom is -0.385 e. The van der Waals surface area contributed by atoms with Crippen LogP contribution in [-0.2, 0) is 0 Å². The maximum absolute atomic E-state index is 12.2. The molecule has 19 heavy (non-hydrogen) atoms. The number of hydrogen-bond donors (Lipinski definition) is 2. The first-order valence-corrected chi connectivity index (χ1v) is 6.48. The molecule has 2 aromatic rings. The SMILES string of the molecule is CCNc1ccccc1C(=O)Nc1cccc(Cl)c1. The molecular formula is C15H15ClN2O. The maximum atomic E-state index is 12.2. The third-order valence-corrected chi connectivity index (χ3v) is 2.86. The van der Waals surface area contributed by atoms with E-state index in [0.29, 0.717) is 16.3 Å². The third kappa shape index (κ3) is 3.48. The van der Waals surface area contributed by atoms with Gasteiger partial charge in [0.2, 0.25) is 0 Å². The van der Waals surface area contributed by atoms with Crippen LogP contribution in [0.25, 0.3) is 0 Å². The minimum absolute atomic E-state index is 0.154. The van der Waals surface area contributed by atoms with Crippen molar-refractivity contribution < 1.29 is 4.79 Å². The van der Waals surface area contributed by atoms with Crippen LogP contribution in [-0.4, -0.2) is 12.5 Å². The van der Waals surface area contributed by atoms with Crippen molar-refractivity contribution in [3.8, 4) is 0 Å². The highest BCUT2D eigenvalue weighted by molar-refractivity contribution is 6.31. The molecule has 0 saturated carbocycles. The molecule has 0 saturated heterocycles. The van der Waals surface area contributed by atoms with Gasteiger partial charge in [0, 0.05) is 22.9 Å². The molecule has 98 valence electrons. The Morgan fingerprint density at radius 2 is 1.95 bits per heavy atom. The van der Waals surface area contributed by atoms with E-state index in [9.17, 15) is 4.79 Å². The molecule has 0 radical (unpaired) electrons. The molecule has 4 heteroatoms. The molecule has 0 spiro atoms. The summed E-state index contributed by atoms with van der Waals surface area (Å²) in [5, 5.41) is 6.60. The maximum Gasteiger partial charge on any atom is 0.257 e. The van der Waals surface area contributed by atoms with E-state index < -0.39 is 0 Å². The van der Waals surface area contributed by atoms with Crippen molar-refractivity contribution in [3.05, 3.63) is 59.1 Å². The summed E-state index contributed by atoms with van der Waals surface area (Å²) in [5.74, 6) is -0.154. The zero-order chi connectivity index (χ0) is 13.7. The lowest BCUT2D eigenvalue weighted by atomic mass is 10.1. The summed E-state index contributed by atoms with van der Waals surface area (Å²) < 4.78 is 0. The van der Waals surface area contributed by atoms with E-state index in [1.807, 2.05) is 25.1 Å². The first kappa shape index (κ1) is 13.4. The van der Waals surface area contributed by atoms with Gasteiger partial charge in [-0.05, 0) is 37.3 Å². The molecular weight excluding hydrogens is 260 g/mol. The quantitative estimate of drug-likeness (QED) is 0.884. The largest absolute Gasteiger partial charge is 0.385 e. The Labute approximate surface area is 117 Å². The van der Waals surface area contributed by atoms with Gasteiger partial charge in [-0.3, -0.25) is 4.79 Å². The summed E-state index contributed by atoms with van der Waals surface area (Å²) >= 11 is 5.89. The molecule has 0 aliphatic carbocycles. The molecule has 1 amide bonds. The van der Waals surface area contributed by atoms with E-state index in [2.05, 4.69) is 10.6 Å². The van der Waals surface area contributed by atoms with E-state index in [1.165, 1.54) is 0 Å². The van der Waals surface area contributed by atoms with Crippen LogP contribution in [0.4, 0.5) is 11.4 Å². The van der Waals surface area contributed by atoms with Crippen molar-refractivity contribution >= 4 is 28.9 Å². The normalized spacial score (nSPS) is 10.0. The van der Waals surface area contributed by atoms with Crippen LogP contribution in [0, 0.1) is 0 Å². The molecule has 0 heterocycles. The van der Waals surface area contributed by atoms with E-state index in [1.54, 1.807) is 30.3 Å². The number of hydrogen-bond acceptors (Lipinski definition) is 2. The highest BCUT2D eigenvalue weighted by atomic mass is 35.5. The molecule has 3 nitrogen and oxygen atoms in total. The van der Waals surface area contributed by atoms with Gasteiger partial charge < -0.3 is 10.6 Å². The van der Waals surface area contributed by atoms with Crippen LogP contribution in [0.5, 0.6) is 0 Å². The Morgan fingerprint density at radius 3 is 2.68 bits per heavy atom. The predicted molar refractivity (Wildman–Crippen MR) is 80.0 cm³/mol. The second-order valence-electron chi connectivity index (χ2n) is 4.04. The van der Waals surface area contributed by atoms with Crippen LogP contribution in [0.15, 0.2) is 48.5 Å². The summed E-state index contributed by atoms with van der Waals surface area (Å²) in [7, 11) is 0. The predicted octanol–water partition coefficient (Wildman–Crippen LogP) is 4.02. The van der Waals surface area contributed by atoms with Gasteiger partial charge in [0.15, 0.2) is 0 Å². The number of nitrogens with one attached hydrogen (secondary N) is 2. The Hall–Kier alpha value is -2.00. The molecule has 0 unspecified atom stereocenters. The molecule has 0 aromatic heterocycles. The first-order valence-electron chi connectivity index (χ1n) is 6.10. The van der Waals surface area contributed by atoms with Crippen LogP contribution < -0.4 is 10.6 Å². The standard InChI is InChI=1S/C15H15ClN2O/c1-2-17-14-9-4-3-8-13(14)15(19)18-12-7-5-6-11(16)10-12/h3-10,17H,2H2,1H3,(H,18,19). The van der Waals surface area contributed by atoms with Crippen LogP contribution in [0.3, 0.4) is 0 Å². The van der Waals surface area contributed by atoms with Gasteiger partial charge in [-0.15, -0.1) is 0 Å². The zero-order valence-electron chi connectivity index (χ0n) is 10.6. The van der Waals surface area contributed by atoms with Gasteiger partial charge in [-0.2, -0.15) is 0 Å². The number of halogens is 1. The highest BCUT2D eigenvalue weighted by Gasteiger charge is 2.10. The summed E-state index contributed by atoms with van der Waals surface area (Å²) in [6.45, 7) is 2.76. The number of benzene rings is 2. The summed E-state index contributed by atoms with van der Waals surface area (Å²) in [6, 6.07) is 14.5. The van der Waals surface area contributed by atoms with E-state index in [0.717, 1.165) is 12.2 Å². The Morgan fingerprint density at radius 1 is 1.16 bits per heavy atom. The second kappa shape index (κ2) is 6.25. The van der Waals surface area contributed by atoms with Gasteiger partial charge in [-0.25, -0.2) is 0 Å². The zero-order valence-corrected chi connectivity index (χ0v) is 11.4. The van der Waals surface area contributed by atoms with Crippen molar-refractivity contribution in [2.24, 2.45) is 0 Å². The van der Waals surface area contributed by atoms with Gasteiger partial charge in [0.25, 0.3) is 5.91 Å². The smallest absolute Gasteiger partial charge is 0.257 e. The van der Waals surface area contributed by atoms with Crippen molar-refractivity contribution in [3.63, 3.8) is 0 Å². The molecule has 2 rings (SSSR count). The molecule has 0 atom stereocenters. The van der Waals surface area contributed by atoms with Crippen molar-refractivity contribution in [2.45, 2.75) is 6.92 Å². The Bertz CT molecular complexity index is 584. The number of anilines is 2. The average molecular weight is 275 g/mol. The summed E-state index contributed by atoms with van der Waals surface area (Å²) in [4.78, 5) is 12.2. The fourth-order valence-electron chi connectivity index (χ4n) is 1.79. The fraction of sp³-hybridized carbons (Fsp3) is 0.133. The molecule has 2 N–H and O–H groups in total. The molecule has 2 aromatic carbocycles. The van der Waals surface area contributed by atoms with Crippen molar-refractivity contribution in [1.82, 2.24) is 0 Å². The third-order valence-electron chi connectivity index (χ3n) is 2.62. The van der Waals surface area contributed by atoms with Gasteiger partial charge in [0.05, 0.1) is 5.56 Å². The number of para-hydroxylation sites is 1. The number of carbonyl (C=O) groups excluding carboxylic acids is 1. The fourth-order valence-corrected chi connectivity index (χ4v) is 1.98. The molecule has 0 bridgehead atoms. The number of rotatable bonds is 4. The van der Waals surface area contributed by atoms with Crippen LogP contribution in [0.1, 0.15) is 17.3 Å². The average Bonchev–Trinajstić information content (AvgIpc) is 2.39. The molecule has 0 aliphatic rings. The minimum atomic E-state index is -0.154. The molecule has 0 fully saturated rings. The van der Waals surface area contributed by atoms with Crippen LogP contribution >= 0.6 is 11.6 Å². The summed E-state index contributed by atoms with van der Waals surface area (Å²) in [6.07, 6.45) is 0. The Kier molecular flexibility index (Phi) is 4.42. The van der Waals surface area contributed by atoms with E-state index in [-0.39, 0.29) is 5.91 Å². The first-order chi connectivity index (χ1) is 9.20. The second-order valence-corrected chi connectivity index (χ2v) is 4.48. The van der Waals surface area contributed by atoms with Gasteiger partial charge in [0.1, 0.15) is 0 Å². The van der Waals surface area contributed by atoms with E-state index in [4.69, 9.17) is 11.6 Å². The van der Waals surface area contributed by atoms with Crippen molar-refractivity contribution in [2.75, 3.05) is 17.2 Å². The lowest BCUT2D eigenvalue weighted by molar-refractivity contribution is 0.102. The Balaban J connectivity index is 2.20. The lowest BCUT2D eigenvalue weighted by Gasteiger charge is -2.11. The molecule has 0 aliphatic heterocycles. The van der Waals surface area contributed by atoms with Gasteiger partial charge in [-0.1, -0.05) is 29.8 Å². The van der Waals surface area contributed by atoms with Crippen molar-refractivity contribution in [1.29, 1.82) is 0 Å². The lowest BCUT2D eigenvalue weighted by Crippen LogP contribution is -2.14. The summed E-state index contributed by atoms with van der Waals surface area (Å²) in [5.41, 5.74) is 2.12.